The van der Waals surface area contributed by atoms with E-state index in [4.69, 9.17) is 5.73 Å². The number of amides is 2. The van der Waals surface area contributed by atoms with Crippen LogP contribution in [0, 0.1) is 5.92 Å². The van der Waals surface area contributed by atoms with Gasteiger partial charge in [-0.2, -0.15) is 0 Å². The van der Waals surface area contributed by atoms with Crippen LogP contribution in [-0.2, 0) is 0 Å². The molecule has 2 saturated heterocycles. The topological polar surface area (TPSA) is 75.4 Å². The molecule has 6 heteroatoms. The van der Waals surface area contributed by atoms with Crippen molar-refractivity contribution in [1.29, 1.82) is 0 Å². The summed E-state index contributed by atoms with van der Waals surface area (Å²) < 4.78 is 0. The first-order valence-corrected chi connectivity index (χ1v) is 10.1. The molecule has 2 aliphatic rings. The van der Waals surface area contributed by atoms with Crippen molar-refractivity contribution < 1.29 is 9.59 Å². The molecule has 0 aliphatic carbocycles. The molecule has 140 valence electrons. The molecule has 27 heavy (non-hydrogen) atoms. The Morgan fingerprint density at radius 2 is 1.85 bits per heavy atom. The van der Waals surface area contributed by atoms with Gasteiger partial charge in [0.1, 0.15) is 0 Å². The van der Waals surface area contributed by atoms with Crippen LogP contribution in [-0.4, -0.2) is 42.4 Å². The lowest BCUT2D eigenvalue weighted by Crippen LogP contribution is -2.47. The van der Waals surface area contributed by atoms with E-state index in [1.807, 2.05) is 36.4 Å². The van der Waals surface area contributed by atoms with Crippen LogP contribution in [0.1, 0.15) is 33.6 Å². The fraction of sp³-hybridized carbons (Fsp3) is 0.333. The minimum atomic E-state index is -0.433. The Bertz CT molecular complexity index is 841. The molecule has 5 nitrogen and oxygen atoms in total. The number of nitrogens with two attached hydrogens (primary N) is 1. The maximum atomic E-state index is 12.5. The van der Waals surface area contributed by atoms with Crippen molar-refractivity contribution in [2.75, 3.05) is 19.6 Å². The van der Waals surface area contributed by atoms with Gasteiger partial charge >= 0.3 is 0 Å². The van der Waals surface area contributed by atoms with Gasteiger partial charge in [0.05, 0.1) is 0 Å². The van der Waals surface area contributed by atoms with Gasteiger partial charge < -0.3 is 16.0 Å². The minimum absolute atomic E-state index is 0.00484. The Hall–Kier alpha value is -2.31. The molecule has 4 rings (SSSR count). The minimum Gasteiger partial charge on any atom is -0.366 e. The summed E-state index contributed by atoms with van der Waals surface area (Å²) in [4.78, 5) is 28.2. The van der Waals surface area contributed by atoms with Crippen LogP contribution in [0.2, 0.25) is 0 Å². The lowest BCUT2D eigenvalue weighted by molar-refractivity contribution is 0.0908. The Morgan fingerprint density at radius 1 is 1.04 bits per heavy atom. The highest BCUT2D eigenvalue weighted by molar-refractivity contribution is 7.99. The number of hydrogen-bond donors (Lipinski definition) is 2. The monoisotopic (exact) mass is 381 g/mol. The second kappa shape index (κ2) is 7.74. The molecule has 2 bridgehead atoms. The summed E-state index contributed by atoms with van der Waals surface area (Å²) in [5.74, 6) is 0.297. The molecule has 2 aromatic carbocycles. The Balaban J connectivity index is 1.37. The number of nitrogens with one attached hydrogen (secondary N) is 1. The summed E-state index contributed by atoms with van der Waals surface area (Å²) in [6.45, 7) is 3.32. The molecule has 2 amide bonds. The number of rotatable bonds is 5. The molecule has 0 radical (unpaired) electrons. The number of hydrogen-bond acceptors (Lipinski definition) is 4. The molecule has 2 aliphatic heterocycles. The van der Waals surface area contributed by atoms with Gasteiger partial charge in [0.2, 0.25) is 5.91 Å². The van der Waals surface area contributed by atoms with Gasteiger partial charge in [-0.3, -0.25) is 9.59 Å². The number of piperidine rings is 1. The maximum absolute atomic E-state index is 12.5. The van der Waals surface area contributed by atoms with E-state index in [2.05, 4.69) is 10.2 Å². The highest BCUT2D eigenvalue weighted by Gasteiger charge is 2.32. The zero-order valence-electron chi connectivity index (χ0n) is 15.1. The zero-order valence-corrected chi connectivity index (χ0v) is 15.9. The van der Waals surface area contributed by atoms with E-state index in [-0.39, 0.29) is 11.9 Å². The molecule has 2 aromatic rings. The average molecular weight is 382 g/mol. The summed E-state index contributed by atoms with van der Waals surface area (Å²) in [5.41, 5.74) is 6.50. The predicted molar refractivity (Wildman–Crippen MR) is 106 cm³/mol. The van der Waals surface area contributed by atoms with Gasteiger partial charge in [-0.1, -0.05) is 17.8 Å². The van der Waals surface area contributed by atoms with Crippen molar-refractivity contribution in [2.45, 2.75) is 28.7 Å². The first-order chi connectivity index (χ1) is 13.1. The molecule has 3 N–H and O–H groups in total. The first-order valence-electron chi connectivity index (χ1n) is 9.28. The van der Waals surface area contributed by atoms with Crippen LogP contribution in [0.4, 0.5) is 0 Å². The first kappa shape index (κ1) is 18.1. The SMILES string of the molecule is NC(=O)c1cccc(Sc2ccc(C(=O)N[C@@H]3C[C@H]4CCN(C4)C3)cc2)c1. The maximum Gasteiger partial charge on any atom is 0.251 e. The second-order valence-electron chi connectivity index (χ2n) is 7.34. The van der Waals surface area contributed by atoms with Crippen molar-refractivity contribution >= 4 is 23.6 Å². The standard InChI is InChI=1S/C21H23N3O2S/c22-20(25)16-2-1-3-19(11-16)27-18-6-4-15(5-7-18)21(26)23-17-10-14-8-9-24(12-14)13-17/h1-7,11,14,17H,8-10,12-13H2,(H2,22,25)(H,23,26)/t14-,17-/m1/s1. The lowest BCUT2D eigenvalue weighted by atomic mass is 9.96. The van der Waals surface area contributed by atoms with E-state index in [0.29, 0.717) is 11.1 Å². The third-order valence-electron chi connectivity index (χ3n) is 5.27. The van der Waals surface area contributed by atoms with Crippen molar-refractivity contribution in [2.24, 2.45) is 11.7 Å². The number of nitrogens with zero attached hydrogens (tertiary/aromatic N) is 1. The highest BCUT2D eigenvalue weighted by Crippen LogP contribution is 2.29. The number of carbonyl (C=O) groups excluding carboxylic acids is 2. The fourth-order valence-corrected chi connectivity index (χ4v) is 4.83. The molecular weight excluding hydrogens is 358 g/mol. The summed E-state index contributed by atoms with van der Waals surface area (Å²) in [6.07, 6.45) is 2.35. The zero-order chi connectivity index (χ0) is 18.8. The number of primary amides is 1. The Labute approximate surface area is 163 Å². The van der Waals surface area contributed by atoms with Crippen molar-refractivity contribution in [3.8, 4) is 0 Å². The van der Waals surface area contributed by atoms with Crippen LogP contribution in [0.3, 0.4) is 0 Å². The number of fused-ring (bicyclic) bond motifs is 2. The molecule has 0 spiro atoms. The van der Waals surface area contributed by atoms with Crippen LogP contribution in [0.5, 0.6) is 0 Å². The number of benzene rings is 2. The summed E-state index contributed by atoms with van der Waals surface area (Å²) in [7, 11) is 0. The van der Waals surface area contributed by atoms with Crippen molar-refractivity contribution in [3.63, 3.8) is 0 Å². The smallest absolute Gasteiger partial charge is 0.251 e. The largest absolute Gasteiger partial charge is 0.366 e. The molecule has 1 unspecified atom stereocenters. The van der Waals surface area contributed by atoms with E-state index in [9.17, 15) is 9.59 Å². The third-order valence-corrected chi connectivity index (χ3v) is 6.27. The third kappa shape index (κ3) is 4.34. The summed E-state index contributed by atoms with van der Waals surface area (Å²) in [5, 5.41) is 3.19. The van der Waals surface area contributed by atoms with Crippen molar-refractivity contribution in [1.82, 2.24) is 10.2 Å². The molecule has 0 saturated carbocycles. The molecule has 0 aromatic heterocycles. The predicted octanol–water partition coefficient (Wildman–Crippen LogP) is 2.76. The van der Waals surface area contributed by atoms with Gasteiger partial charge in [-0.15, -0.1) is 0 Å². The van der Waals surface area contributed by atoms with Gasteiger partial charge in [0.25, 0.3) is 5.91 Å². The van der Waals surface area contributed by atoms with Crippen LogP contribution in [0.15, 0.2) is 58.3 Å². The van der Waals surface area contributed by atoms with Gasteiger partial charge in [-0.25, -0.2) is 0 Å². The molecule has 2 fully saturated rings. The Kier molecular flexibility index (Phi) is 5.18. The van der Waals surface area contributed by atoms with E-state index in [1.54, 1.807) is 12.1 Å². The van der Waals surface area contributed by atoms with E-state index >= 15 is 0 Å². The fourth-order valence-electron chi connectivity index (χ4n) is 3.96. The molecule has 2 heterocycles. The summed E-state index contributed by atoms with van der Waals surface area (Å²) in [6, 6.07) is 15.1. The molecule has 3 atom stereocenters. The van der Waals surface area contributed by atoms with Crippen LogP contribution in [0.25, 0.3) is 0 Å². The lowest BCUT2D eigenvalue weighted by Gasteiger charge is -2.30. The second-order valence-corrected chi connectivity index (χ2v) is 8.49. The quantitative estimate of drug-likeness (QED) is 0.835. The normalized spacial score (nSPS) is 23.8. The van der Waals surface area contributed by atoms with Gasteiger partial charge in [-0.05, 0) is 67.8 Å². The van der Waals surface area contributed by atoms with Crippen LogP contribution >= 0.6 is 11.8 Å². The highest BCUT2D eigenvalue weighted by atomic mass is 32.2. The van der Waals surface area contributed by atoms with Crippen molar-refractivity contribution in [3.05, 3.63) is 59.7 Å². The average Bonchev–Trinajstić information content (AvgIpc) is 3.01. The summed E-state index contributed by atoms with van der Waals surface area (Å²) >= 11 is 1.54. The number of carbonyl (C=O) groups is 2. The molecular formula is C21H23N3O2S. The van der Waals surface area contributed by atoms with Gasteiger partial charge in [0, 0.05) is 40.0 Å². The van der Waals surface area contributed by atoms with E-state index in [1.165, 1.54) is 31.3 Å². The Morgan fingerprint density at radius 3 is 2.59 bits per heavy atom. The van der Waals surface area contributed by atoms with Crippen LogP contribution < -0.4 is 11.1 Å². The van der Waals surface area contributed by atoms with Gasteiger partial charge in [0.15, 0.2) is 0 Å². The van der Waals surface area contributed by atoms with E-state index in [0.717, 1.165) is 28.7 Å². The van der Waals surface area contributed by atoms with E-state index < -0.39 is 5.91 Å².